The highest BCUT2D eigenvalue weighted by molar-refractivity contribution is 7.80. The topological polar surface area (TPSA) is 49.4 Å². The summed E-state index contributed by atoms with van der Waals surface area (Å²) in [4.78, 5) is 25.2. The van der Waals surface area contributed by atoms with Crippen LogP contribution in [-0.4, -0.2) is 42.1 Å². The highest BCUT2D eigenvalue weighted by Gasteiger charge is 2.42. The molecule has 2 aliphatic rings. The standard InChI is InChI=1S/C12H20N2O2S/c15-10(7-12(9-17)3-4-12)13-8-11(16)14-5-1-2-6-14/h17H,1-9H2,(H,13,15). The van der Waals surface area contributed by atoms with Gasteiger partial charge in [0.1, 0.15) is 0 Å². The van der Waals surface area contributed by atoms with Gasteiger partial charge >= 0.3 is 0 Å². The third-order valence-electron chi connectivity index (χ3n) is 3.72. The van der Waals surface area contributed by atoms with E-state index in [1.807, 2.05) is 4.90 Å². The molecule has 0 spiro atoms. The molecule has 0 radical (unpaired) electrons. The zero-order valence-corrected chi connectivity index (χ0v) is 11.0. The van der Waals surface area contributed by atoms with Crippen LogP contribution in [0.25, 0.3) is 0 Å². The number of hydrogen-bond donors (Lipinski definition) is 2. The number of carbonyl (C=O) groups is 2. The number of nitrogens with one attached hydrogen (secondary N) is 1. The van der Waals surface area contributed by atoms with Crippen molar-refractivity contribution in [3.8, 4) is 0 Å². The first-order valence-corrected chi connectivity index (χ1v) is 6.94. The van der Waals surface area contributed by atoms with E-state index >= 15 is 0 Å². The predicted octanol–water partition coefficient (Wildman–Crippen LogP) is 0.825. The second kappa shape index (κ2) is 5.29. The molecular formula is C12H20N2O2S. The molecule has 4 nitrogen and oxygen atoms in total. The van der Waals surface area contributed by atoms with E-state index in [0.29, 0.717) is 6.42 Å². The first-order valence-electron chi connectivity index (χ1n) is 6.31. The number of carbonyl (C=O) groups excluding carboxylic acids is 2. The van der Waals surface area contributed by atoms with E-state index in [4.69, 9.17) is 0 Å². The summed E-state index contributed by atoms with van der Waals surface area (Å²) in [5, 5.41) is 2.73. The predicted molar refractivity (Wildman–Crippen MR) is 69.0 cm³/mol. The van der Waals surface area contributed by atoms with Crippen LogP contribution in [0.15, 0.2) is 0 Å². The fourth-order valence-corrected chi connectivity index (χ4v) is 2.65. The number of thiol groups is 1. The maximum Gasteiger partial charge on any atom is 0.241 e. The minimum atomic E-state index is -0.0101. The first-order chi connectivity index (χ1) is 8.15. The number of nitrogens with zero attached hydrogens (tertiary/aromatic N) is 1. The summed E-state index contributed by atoms with van der Waals surface area (Å²) in [5.41, 5.74) is 0.129. The Morgan fingerprint density at radius 2 is 1.88 bits per heavy atom. The fourth-order valence-electron chi connectivity index (χ4n) is 2.22. The molecule has 0 aromatic rings. The molecular weight excluding hydrogens is 236 g/mol. The Morgan fingerprint density at radius 1 is 1.24 bits per heavy atom. The molecule has 5 heteroatoms. The van der Waals surface area contributed by atoms with Gasteiger partial charge in [0, 0.05) is 19.5 Å². The van der Waals surface area contributed by atoms with E-state index < -0.39 is 0 Å². The molecule has 1 aliphatic carbocycles. The maximum absolute atomic E-state index is 11.7. The molecule has 2 amide bonds. The van der Waals surface area contributed by atoms with Gasteiger partial charge in [0.2, 0.25) is 11.8 Å². The first kappa shape index (κ1) is 12.7. The van der Waals surface area contributed by atoms with Gasteiger partial charge in [-0.25, -0.2) is 0 Å². The highest BCUT2D eigenvalue weighted by Crippen LogP contribution is 2.49. The Bertz CT molecular complexity index is 310. The second-order valence-corrected chi connectivity index (χ2v) is 5.52. The van der Waals surface area contributed by atoms with Crippen LogP contribution >= 0.6 is 12.6 Å². The van der Waals surface area contributed by atoms with Crippen molar-refractivity contribution in [1.82, 2.24) is 10.2 Å². The third kappa shape index (κ3) is 3.37. The van der Waals surface area contributed by atoms with Crippen molar-refractivity contribution in [2.75, 3.05) is 25.4 Å². The van der Waals surface area contributed by atoms with Crippen LogP contribution in [0.5, 0.6) is 0 Å². The lowest BCUT2D eigenvalue weighted by Crippen LogP contribution is -2.39. The molecule has 1 saturated heterocycles. The van der Waals surface area contributed by atoms with Crippen LogP contribution in [0.3, 0.4) is 0 Å². The number of rotatable bonds is 5. The van der Waals surface area contributed by atoms with E-state index in [0.717, 1.165) is 44.5 Å². The Kier molecular flexibility index (Phi) is 3.97. The van der Waals surface area contributed by atoms with Crippen molar-refractivity contribution in [1.29, 1.82) is 0 Å². The number of amides is 2. The van der Waals surface area contributed by atoms with E-state index in [1.54, 1.807) is 0 Å². The molecule has 0 unspecified atom stereocenters. The Morgan fingerprint density at radius 3 is 2.41 bits per heavy atom. The van der Waals surface area contributed by atoms with Gasteiger partial charge in [0.25, 0.3) is 0 Å². The van der Waals surface area contributed by atoms with Crippen LogP contribution in [0.1, 0.15) is 32.1 Å². The molecule has 0 aromatic carbocycles. The van der Waals surface area contributed by atoms with Crippen LogP contribution in [0.2, 0.25) is 0 Å². The fraction of sp³-hybridized carbons (Fsp3) is 0.833. The molecule has 1 heterocycles. The Balaban J connectivity index is 1.67. The lowest BCUT2D eigenvalue weighted by molar-refractivity contribution is -0.132. The molecule has 0 aromatic heterocycles. The molecule has 2 fully saturated rings. The van der Waals surface area contributed by atoms with Gasteiger partial charge in [-0.3, -0.25) is 9.59 Å². The van der Waals surface area contributed by atoms with Gasteiger partial charge in [-0.2, -0.15) is 12.6 Å². The van der Waals surface area contributed by atoms with Crippen LogP contribution in [0.4, 0.5) is 0 Å². The van der Waals surface area contributed by atoms with Gasteiger partial charge in [-0.1, -0.05) is 0 Å². The Hall–Kier alpha value is -0.710. The lowest BCUT2D eigenvalue weighted by Gasteiger charge is -2.16. The molecule has 1 N–H and O–H groups in total. The molecule has 0 bridgehead atoms. The van der Waals surface area contributed by atoms with Crippen molar-refractivity contribution in [3.05, 3.63) is 0 Å². The highest BCUT2D eigenvalue weighted by atomic mass is 32.1. The molecule has 0 atom stereocenters. The second-order valence-electron chi connectivity index (χ2n) is 5.20. The average molecular weight is 256 g/mol. The summed E-state index contributed by atoms with van der Waals surface area (Å²) in [5.74, 6) is 0.802. The quantitative estimate of drug-likeness (QED) is 0.716. The molecule has 1 saturated carbocycles. The molecule has 96 valence electrons. The zero-order valence-electron chi connectivity index (χ0n) is 10.1. The average Bonchev–Trinajstić information content (AvgIpc) is 2.89. The van der Waals surface area contributed by atoms with Gasteiger partial charge in [-0.15, -0.1) is 0 Å². The van der Waals surface area contributed by atoms with Crippen molar-refractivity contribution >= 4 is 24.4 Å². The molecule has 2 rings (SSSR count). The van der Waals surface area contributed by atoms with Crippen molar-refractivity contribution in [2.24, 2.45) is 5.41 Å². The monoisotopic (exact) mass is 256 g/mol. The van der Waals surface area contributed by atoms with Gasteiger partial charge in [0.05, 0.1) is 6.54 Å². The van der Waals surface area contributed by atoms with Crippen molar-refractivity contribution in [2.45, 2.75) is 32.1 Å². The van der Waals surface area contributed by atoms with Gasteiger partial charge in [-0.05, 0) is 36.9 Å². The smallest absolute Gasteiger partial charge is 0.241 e. The number of likely N-dealkylation sites (tertiary alicyclic amines) is 1. The SMILES string of the molecule is O=C(CC1(CS)CC1)NCC(=O)N1CCCC1. The van der Waals surface area contributed by atoms with Gasteiger partial charge in [0.15, 0.2) is 0 Å². The zero-order chi connectivity index (χ0) is 12.3. The number of hydrogen-bond acceptors (Lipinski definition) is 3. The van der Waals surface area contributed by atoms with E-state index in [9.17, 15) is 9.59 Å². The Labute approximate surface area is 108 Å². The summed E-state index contributed by atoms with van der Waals surface area (Å²) in [6.45, 7) is 1.84. The molecule has 17 heavy (non-hydrogen) atoms. The summed E-state index contributed by atoms with van der Waals surface area (Å²) < 4.78 is 0. The minimum Gasteiger partial charge on any atom is -0.347 e. The van der Waals surface area contributed by atoms with Crippen LogP contribution in [-0.2, 0) is 9.59 Å². The minimum absolute atomic E-state index is 0.0101. The van der Waals surface area contributed by atoms with E-state index in [-0.39, 0.29) is 23.8 Å². The van der Waals surface area contributed by atoms with E-state index in [1.165, 1.54) is 0 Å². The summed E-state index contributed by atoms with van der Waals surface area (Å²) in [6, 6.07) is 0. The summed E-state index contributed by atoms with van der Waals surface area (Å²) >= 11 is 4.26. The summed E-state index contributed by atoms with van der Waals surface area (Å²) in [6.07, 6.45) is 4.86. The van der Waals surface area contributed by atoms with Gasteiger partial charge < -0.3 is 10.2 Å². The molecule has 1 aliphatic heterocycles. The maximum atomic E-state index is 11.7. The van der Waals surface area contributed by atoms with Crippen molar-refractivity contribution < 1.29 is 9.59 Å². The van der Waals surface area contributed by atoms with Crippen LogP contribution < -0.4 is 5.32 Å². The summed E-state index contributed by atoms with van der Waals surface area (Å²) in [7, 11) is 0. The lowest BCUT2D eigenvalue weighted by atomic mass is 10.1. The largest absolute Gasteiger partial charge is 0.347 e. The van der Waals surface area contributed by atoms with Crippen LogP contribution in [0, 0.1) is 5.41 Å². The normalized spacial score (nSPS) is 21.4. The third-order valence-corrected chi connectivity index (χ3v) is 4.39. The van der Waals surface area contributed by atoms with Crippen molar-refractivity contribution in [3.63, 3.8) is 0 Å². The van der Waals surface area contributed by atoms with E-state index in [2.05, 4.69) is 17.9 Å².